The van der Waals surface area contributed by atoms with Crippen molar-refractivity contribution in [3.63, 3.8) is 0 Å². The fourth-order valence-corrected chi connectivity index (χ4v) is 2.43. The Hall–Kier alpha value is -2.77. The Morgan fingerprint density at radius 2 is 1.89 bits per heavy atom. The minimum absolute atomic E-state index is 0.00667. The summed E-state index contributed by atoms with van der Waals surface area (Å²) in [6.07, 6.45) is -0.315. The van der Waals surface area contributed by atoms with Gasteiger partial charge in [-0.15, -0.1) is 0 Å². The van der Waals surface area contributed by atoms with Gasteiger partial charge in [-0.2, -0.15) is 0 Å². The molecule has 148 valence electrons. The van der Waals surface area contributed by atoms with E-state index in [-0.39, 0.29) is 24.6 Å². The van der Waals surface area contributed by atoms with Gasteiger partial charge in [0.1, 0.15) is 12.1 Å². The van der Waals surface area contributed by atoms with Gasteiger partial charge in [0, 0.05) is 25.3 Å². The fourth-order valence-electron chi connectivity index (χ4n) is 2.43. The molecule has 1 fully saturated rings. The van der Waals surface area contributed by atoms with Crippen molar-refractivity contribution in [3.8, 4) is 0 Å². The summed E-state index contributed by atoms with van der Waals surface area (Å²) in [4.78, 5) is 29.9. The highest BCUT2D eigenvalue weighted by Gasteiger charge is 2.34. The number of nitrogens with zero attached hydrogens (tertiary/aromatic N) is 2. The minimum atomic E-state index is -0.502. The average Bonchev–Trinajstić information content (AvgIpc) is 2.54. The first-order chi connectivity index (χ1) is 12.8. The summed E-state index contributed by atoms with van der Waals surface area (Å²) < 4.78 is 5.34. The number of para-hydroxylation sites is 1. The Bertz CT molecular complexity index is 664. The van der Waals surface area contributed by atoms with E-state index < -0.39 is 5.60 Å². The van der Waals surface area contributed by atoms with Crippen LogP contribution in [0.25, 0.3) is 0 Å². The minimum Gasteiger partial charge on any atom is -0.444 e. The van der Waals surface area contributed by atoms with E-state index in [1.165, 1.54) is 0 Å². The number of nitrogens with one attached hydrogen (secondary N) is 3. The highest BCUT2D eigenvalue weighted by Crippen LogP contribution is 2.15. The van der Waals surface area contributed by atoms with Crippen LogP contribution >= 0.6 is 0 Å². The fraction of sp³-hybridized carbons (Fsp3) is 0.526. The average molecular weight is 375 g/mol. The Morgan fingerprint density at radius 3 is 2.48 bits per heavy atom. The maximum atomic E-state index is 12.0. The number of likely N-dealkylation sites (tertiary alicyclic amines) is 1. The van der Waals surface area contributed by atoms with Crippen LogP contribution in [0.15, 0.2) is 35.3 Å². The Kier molecular flexibility index (Phi) is 7.04. The molecule has 0 saturated carbocycles. The topological polar surface area (TPSA) is 95.1 Å². The van der Waals surface area contributed by atoms with Gasteiger partial charge in [0.25, 0.3) is 0 Å². The predicted octanol–water partition coefficient (Wildman–Crippen LogP) is 1.80. The van der Waals surface area contributed by atoms with E-state index in [1.54, 1.807) is 4.90 Å². The number of aliphatic imine (C=N–C) groups is 1. The van der Waals surface area contributed by atoms with Crippen LogP contribution < -0.4 is 16.0 Å². The standard InChI is InChI=1S/C19H29N5O3/c1-5-20-17(21-11-16(25)22-14-9-7-6-8-10-14)23-15-12-24(13-15)18(26)27-19(2,3)4/h6-10,15H,5,11-13H2,1-4H3,(H,22,25)(H2,20,21,23). The first-order valence-electron chi connectivity index (χ1n) is 9.14. The van der Waals surface area contributed by atoms with Crippen molar-refractivity contribution in [2.45, 2.75) is 39.3 Å². The molecule has 1 heterocycles. The number of guanidine groups is 1. The first-order valence-corrected chi connectivity index (χ1v) is 9.14. The smallest absolute Gasteiger partial charge is 0.410 e. The lowest BCUT2D eigenvalue weighted by molar-refractivity contribution is -0.114. The molecule has 1 aromatic carbocycles. The van der Waals surface area contributed by atoms with E-state index >= 15 is 0 Å². The van der Waals surface area contributed by atoms with Crippen LogP contribution in [0.3, 0.4) is 0 Å². The maximum absolute atomic E-state index is 12.0. The van der Waals surface area contributed by atoms with Gasteiger partial charge < -0.3 is 25.6 Å². The molecule has 1 aliphatic heterocycles. The third-order valence-corrected chi connectivity index (χ3v) is 3.66. The van der Waals surface area contributed by atoms with E-state index in [4.69, 9.17) is 4.74 Å². The van der Waals surface area contributed by atoms with Gasteiger partial charge in [-0.3, -0.25) is 4.79 Å². The summed E-state index contributed by atoms with van der Waals surface area (Å²) in [6, 6.07) is 9.33. The molecule has 0 aliphatic carbocycles. The highest BCUT2D eigenvalue weighted by atomic mass is 16.6. The lowest BCUT2D eigenvalue weighted by atomic mass is 10.1. The van der Waals surface area contributed by atoms with Gasteiger partial charge in [-0.25, -0.2) is 9.79 Å². The van der Waals surface area contributed by atoms with Crippen molar-refractivity contribution in [1.82, 2.24) is 15.5 Å². The zero-order chi connectivity index (χ0) is 19.9. The van der Waals surface area contributed by atoms with Gasteiger partial charge in [0.05, 0.1) is 6.04 Å². The summed E-state index contributed by atoms with van der Waals surface area (Å²) in [5.74, 6) is 0.358. The van der Waals surface area contributed by atoms with Gasteiger partial charge in [-0.1, -0.05) is 18.2 Å². The van der Waals surface area contributed by atoms with Crippen LogP contribution in [0.1, 0.15) is 27.7 Å². The number of carbonyl (C=O) groups is 2. The normalized spacial score (nSPS) is 15.0. The number of amides is 2. The number of carbonyl (C=O) groups excluding carboxylic acids is 2. The Labute approximate surface area is 160 Å². The molecule has 2 amide bonds. The quantitative estimate of drug-likeness (QED) is 0.539. The van der Waals surface area contributed by atoms with E-state index in [2.05, 4.69) is 20.9 Å². The molecule has 8 heteroatoms. The molecule has 27 heavy (non-hydrogen) atoms. The van der Waals surface area contributed by atoms with Crippen molar-refractivity contribution < 1.29 is 14.3 Å². The van der Waals surface area contributed by atoms with Gasteiger partial charge >= 0.3 is 6.09 Å². The molecule has 0 unspecified atom stereocenters. The first kappa shape index (κ1) is 20.5. The number of benzene rings is 1. The Morgan fingerprint density at radius 1 is 1.22 bits per heavy atom. The van der Waals surface area contributed by atoms with Crippen LogP contribution in [0, 0.1) is 0 Å². The molecule has 0 bridgehead atoms. The van der Waals surface area contributed by atoms with Gasteiger partial charge in [0.15, 0.2) is 5.96 Å². The lowest BCUT2D eigenvalue weighted by Crippen LogP contribution is -2.63. The third-order valence-electron chi connectivity index (χ3n) is 3.66. The molecular formula is C19H29N5O3. The van der Waals surface area contributed by atoms with Crippen molar-refractivity contribution in [1.29, 1.82) is 0 Å². The molecule has 0 spiro atoms. The number of hydrogen-bond donors (Lipinski definition) is 3. The van der Waals surface area contributed by atoms with Crippen molar-refractivity contribution in [2.24, 2.45) is 4.99 Å². The summed E-state index contributed by atoms with van der Waals surface area (Å²) in [6.45, 7) is 9.24. The second-order valence-corrected chi connectivity index (χ2v) is 7.34. The van der Waals surface area contributed by atoms with Crippen LogP contribution in [0.4, 0.5) is 10.5 Å². The zero-order valence-corrected chi connectivity index (χ0v) is 16.4. The number of ether oxygens (including phenoxy) is 1. The van der Waals surface area contributed by atoms with Crippen LogP contribution in [-0.2, 0) is 9.53 Å². The second-order valence-electron chi connectivity index (χ2n) is 7.34. The SMILES string of the molecule is CCNC(=NCC(=O)Nc1ccccc1)NC1CN(C(=O)OC(C)(C)C)C1. The summed E-state index contributed by atoms with van der Waals surface area (Å²) in [5.41, 5.74) is 0.237. The van der Waals surface area contributed by atoms with E-state index in [0.29, 0.717) is 25.6 Å². The third kappa shape index (κ3) is 7.16. The second kappa shape index (κ2) is 9.25. The molecular weight excluding hydrogens is 346 g/mol. The molecule has 0 atom stereocenters. The predicted molar refractivity (Wildman–Crippen MR) is 106 cm³/mol. The molecule has 0 aromatic heterocycles. The largest absolute Gasteiger partial charge is 0.444 e. The molecule has 0 radical (unpaired) electrons. The highest BCUT2D eigenvalue weighted by molar-refractivity contribution is 5.94. The van der Waals surface area contributed by atoms with E-state index in [9.17, 15) is 9.59 Å². The van der Waals surface area contributed by atoms with Gasteiger partial charge in [0.2, 0.25) is 5.91 Å². The molecule has 3 N–H and O–H groups in total. The van der Waals surface area contributed by atoms with Crippen molar-refractivity contribution >= 4 is 23.6 Å². The van der Waals surface area contributed by atoms with Crippen LogP contribution in [0.2, 0.25) is 0 Å². The molecule has 1 aliphatic rings. The molecule has 2 rings (SSSR count). The number of hydrogen-bond acceptors (Lipinski definition) is 4. The lowest BCUT2D eigenvalue weighted by Gasteiger charge is -2.40. The van der Waals surface area contributed by atoms with Crippen molar-refractivity contribution in [2.75, 3.05) is 31.5 Å². The summed E-state index contributed by atoms with van der Waals surface area (Å²) in [5, 5.41) is 9.13. The summed E-state index contributed by atoms with van der Waals surface area (Å²) in [7, 11) is 0. The van der Waals surface area contributed by atoms with Crippen molar-refractivity contribution in [3.05, 3.63) is 30.3 Å². The van der Waals surface area contributed by atoms with Crippen LogP contribution in [-0.4, -0.2) is 60.7 Å². The monoisotopic (exact) mass is 375 g/mol. The Balaban J connectivity index is 1.79. The van der Waals surface area contributed by atoms with E-state index in [0.717, 1.165) is 5.69 Å². The number of rotatable bonds is 5. The van der Waals surface area contributed by atoms with Gasteiger partial charge in [-0.05, 0) is 39.8 Å². The zero-order valence-electron chi connectivity index (χ0n) is 16.4. The molecule has 8 nitrogen and oxygen atoms in total. The van der Waals surface area contributed by atoms with Crippen LogP contribution in [0.5, 0.6) is 0 Å². The molecule has 1 aromatic rings. The van der Waals surface area contributed by atoms with E-state index in [1.807, 2.05) is 58.0 Å². The summed E-state index contributed by atoms with van der Waals surface area (Å²) >= 11 is 0. The molecule has 1 saturated heterocycles. The number of anilines is 1. The maximum Gasteiger partial charge on any atom is 0.410 e.